The van der Waals surface area contributed by atoms with Crippen molar-refractivity contribution in [1.29, 1.82) is 0 Å². The lowest BCUT2D eigenvalue weighted by Crippen LogP contribution is -2.12. The molecule has 0 aliphatic carbocycles. The number of aromatic nitrogens is 2. The van der Waals surface area contributed by atoms with E-state index in [1.165, 1.54) is 11.8 Å². The van der Waals surface area contributed by atoms with E-state index in [-0.39, 0.29) is 18.3 Å². The Morgan fingerprint density at radius 2 is 1.88 bits per heavy atom. The fourth-order valence-corrected chi connectivity index (χ4v) is 3.09. The summed E-state index contributed by atoms with van der Waals surface area (Å²) >= 11 is 1.51. The normalized spacial score (nSPS) is 10.2. The lowest BCUT2D eigenvalue weighted by Gasteiger charge is -2.10. The van der Waals surface area contributed by atoms with Crippen molar-refractivity contribution < 1.29 is 4.79 Å². The second-order valence-electron chi connectivity index (χ2n) is 5.61. The summed E-state index contributed by atoms with van der Waals surface area (Å²) < 4.78 is 0. The van der Waals surface area contributed by atoms with Gasteiger partial charge in [0, 0.05) is 29.4 Å². The fraction of sp³-hybridized carbons (Fsp3) is 0.389. The lowest BCUT2D eigenvalue weighted by molar-refractivity contribution is -0.116. The number of hydrogen-bond acceptors (Lipinski definition) is 5. The number of nitrogens with zero attached hydrogens (tertiary/aromatic N) is 2. The highest BCUT2D eigenvalue weighted by molar-refractivity contribution is 7.99. The Bertz CT molecular complexity index is 655. The number of nitrogens with two attached hydrogens (primary N) is 1. The third-order valence-electron chi connectivity index (χ3n) is 3.58. The molecule has 1 heterocycles. The first-order chi connectivity index (χ1) is 11.7. The average molecular weight is 381 g/mol. The predicted molar refractivity (Wildman–Crippen MR) is 105 cm³/mol. The molecule has 0 radical (unpaired) electrons. The van der Waals surface area contributed by atoms with E-state index in [1.54, 1.807) is 18.5 Å². The molecule has 5 nitrogen and oxygen atoms in total. The van der Waals surface area contributed by atoms with Crippen molar-refractivity contribution in [2.24, 2.45) is 5.73 Å². The molecule has 0 bridgehead atoms. The molecule has 7 heteroatoms. The molecule has 1 amide bonds. The molecule has 1 aromatic carbocycles. The molecule has 136 valence electrons. The highest BCUT2D eigenvalue weighted by atomic mass is 35.5. The summed E-state index contributed by atoms with van der Waals surface area (Å²) in [7, 11) is 0. The van der Waals surface area contributed by atoms with Gasteiger partial charge in [0.15, 0.2) is 5.16 Å². The van der Waals surface area contributed by atoms with E-state index in [0.29, 0.717) is 11.6 Å². The van der Waals surface area contributed by atoms with Crippen molar-refractivity contribution in [3.63, 3.8) is 0 Å². The molecule has 2 aromatic rings. The first kappa shape index (κ1) is 21.4. The van der Waals surface area contributed by atoms with Gasteiger partial charge >= 0.3 is 0 Å². The molecule has 0 aliphatic heterocycles. The summed E-state index contributed by atoms with van der Waals surface area (Å²) in [4.78, 5) is 21.5. The summed E-state index contributed by atoms with van der Waals surface area (Å²) in [6.45, 7) is 2.72. The van der Waals surface area contributed by atoms with E-state index in [4.69, 9.17) is 5.73 Å². The van der Waals surface area contributed by atoms with Gasteiger partial charge < -0.3 is 11.1 Å². The van der Waals surface area contributed by atoms with E-state index in [2.05, 4.69) is 15.3 Å². The molecule has 0 fully saturated rings. The Labute approximate surface area is 159 Å². The van der Waals surface area contributed by atoms with Gasteiger partial charge in [0.2, 0.25) is 5.91 Å². The molecule has 25 heavy (non-hydrogen) atoms. The van der Waals surface area contributed by atoms with Crippen LogP contribution in [0.5, 0.6) is 0 Å². The minimum Gasteiger partial charge on any atom is -0.330 e. The van der Waals surface area contributed by atoms with Gasteiger partial charge in [-0.25, -0.2) is 9.97 Å². The van der Waals surface area contributed by atoms with Crippen molar-refractivity contribution >= 4 is 35.8 Å². The smallest absolute Gasteiger partial charge is 0.224 e. The van der Waals surface area contributed by atoms with E-state index >= 15 is 0 Å². The molecule has 3 N–H and O–H groups in total. The van der Waals surface area contributed by atoms with Crippen LogP contribution in [0.4, 0.5) is 5.69 Å². The molecule has 0 unspecified atom stereocenters. The predicted octanol–water partition coefficient (Wildman–Crippen LogP) is 4.21. The third kappa shape index (κ3) is 7.86. The molecule has 2 rings (SSSR count). The summed E-state index contributed by atoms with van der Waals surface area (Å²) in [5.74, 6) is 0.0673. The number of benzene rings is 1. The van der Waals surface area contributed by atoms with Gasteiger partial charge in [-0.2, -0.15) is 0 Å². The lowest BCUT2D eigenvalue weighted by atomic mass is 10.1. The maximum absolute atomic E-state index is 12.0. The minimum absolute atomic E-state index is 0. The van der Waals surface area contributed by atoms with Crippen LogP contribution in [0.25, 0.3) is 0 Å². The SMILES string of the molecule is Cc1cc(Sc2ncccn2)ccc1NC(=O)CCCCCCN.Cl. The van der Waals surface area contributed by atoms with Crippen molar-refractivity contribution in [1.82, 2.24) is 9.97 Å². The number of aryl methyl sites for hydroxylation is 1. The Morgan fingerprint density at radius 1 is 1.16 bits per heavy atom. The Balaban J connectivity index is 0.00000312. The number of amides is 1. The Morgan fingerprint density at radius 3 is 2.56 bits per heavy atom. The first-order valence-electron chi connectivity index (χ1n) is 8.24. The van der Waals surface area contributed by atoms with Crippen molar-refractivity contribution in [3.05, 3.63) is 42.2 Å². The Kier molecular flexibility index (Phi) is 10.1. The number of nitrogens with one attached hydrogen (secondary N) is 1. The van der Waals surface area contributed by atoms with Crippen LogP contribution in [0.3, 0.4) is 0 Å². The summed E-state index contributed by atoms with van der Waals surface area (Å²) in [6.07, 6.45) is 8.09. The van der Waals surface area contributed by atoms with E-state index < -0.39 is 0 Å². The van der Waals surface area contributed by atoms with Crippen LogP contribution in [0.2, 0.25) is 0 Å². The number of halogens is 1. The molecule has 0 spiro atoms. The maximum Gasteiger partial charge on any atom is 0.224 e. The number of unbranched alkanes of at least 4 members (excludes halogenated alkanes) is 3. The number of anilines is 1. The molecular formula is C18H25ClN4OS. The number of carbonyl (C=O) groups excluding carboxylic acids is 1. The van der Waals surface area contributed by atoms with Crippen LogP contribution in [-0.2, 0) is 4.79 Å². The van der Waals surface area contributed by atoms with Gasteiger partial charge in [0.05, 0.1) is 0 Å². The zero-order valence-electron chi connectivity index (χ0n) is 14.4. The summed E-state index contributed by atoms with van der Waals surface area (Å²) in [5.41, 5.74) is 7.36. The molecule has 0 saturated heterocycles. The van der Waals surface area contributed by atoms with Crippen LogP contribution in [0, 0.1) is 6.92 Å². The quantitative estimate of drug-likeness (QED) is 0.503. The Hall–Kier alpha value is -1.63. The van der Waals surface area contributed by atoms with E-state index in [9.17, 15) is 4.79 Å². The second kappa shape index (κ2) is 11.8. The zero-order chi connectivity index (χ0) is 17.2. The fourth-order valence-electron chi connectivity index (χ4n) is 2.28. The van der Waals surface area contributed by atoms with Gasteiger partial charge in [0.25, 0.3) is 0 Å². The average Bonchev–Trinajstić information content (AvgIpc) is 2.58. The van der Waals surface area contributed by atoms with Crippen LogP contribution in [0.1, 0.15) is 37.7 Å². The molecular weight excluding hydrogens is 356 g/mol. The van der Waals surface area contributed by atoms with Crippen molar-refractivity contribution in [3.8, 4) is 0 Å². The van der Waals surface area contributed by atoms with Gasteiger partial charge in [-0.1, -0.05) is 12.8 Å². The first-order valence-corrected chi connectivity index (χ1v) is 9.06. The van der Waals surface area contributed by atoms with Gasteiger partial charge in [-0.15, -0.1) is 12.4 Å². The standard InChI is InChI=1S/C18H24N4OS.ClH/c1-14-13-15(24-18-20-11-6-12-21-18)8-9-16(14)22-17(23)7-4-2-3-5-10-19;/h6,8-9,11-13H,2-5,7,10,19H2,1H3,(H,22,23);1H. The van der Waals surface area contributed by atoms with Crippen molar-refractivity contribution in [2.45, 2.75) is 49.1 Å². The zero-order valence-corrected chi connectivity index (χ0v) is 16.0. The third-order valence-corrected chi connectivity index (χ3v) is 4.46. The highest BCUT2D eigenvalue weighted by Gasteiger charge is 2.07. The van der Waals surface area contributed by atoms with Crippen LogP contribution in [-0.4, -0.2) is 22.4 Å². The van der Waals surface area contributed by atoms with Gasteiger partial charge in [-0.3, -0.25) is 4.79 Å². The van der Waals surface area contributed by atoms with Crippen LogP contribution < -0.4 is 11.1 Å². The van der Waals surface area contributed by atoms with Gasteiger partial charge in [0.1, 0.15) is 0 Å². The molecule has 0 aliphatic rings. The minimum atomic E-state index is 0. The molecule has 0 saturated carbocycles. The van der Waals surface area contributed by atoms with Crippen LogP contribution in [0.15, 0.2) is 46.7 Å². The second-order valence-corrected chi connectivity index (χ2v) is 6.65. The molecule has 0 atom stereocenters. The number of carbonyl (C=O) groups is 1. The largest absolute Gasteiger partial charge is 0.330 e. The van der Waals surface area contributed by atoms with Crippen molar-refractivity contribution in [2.75, 3.05) is 11.9 Å². The van der Waals surface area contributed by atoms with E-state index in [1.807, 2.05) is 25.1 Å². The monoisotopic (exact) mass is 380 g/mol. The van der Waals surface area contributed by atoms with E-state index in [0.717, 1.165) is 48.4 Å². The highest BCUT2D eigenvalue weighted by Crippen LogP contribution is 2.28. The summed E-state index contributed by atoms with van der Waals surface area (Å²) in [5, 5.41) is 3.70. The van der Waals surface area contributed by atoms with Gasteiger partial charge in [-0.05, 0) is 67.9 Å². The maximum atomic E-state index is 12.0. The molecule has 1 aromatic heterocycles. The summed E-state index contributed by atoms with van der Waals surface area (Å²) in [6, 6.07) is 7.75. The van der Waals surface area contributed by atoms with Crippen LogP contribution >= 0.6 is 24.2 Å². The number of rotatable bonds is 9. The topological polar surface area (TPSA) is 80.9 Å². The number of hydrogen-bond donors (Lipinski definition) is 2.